The molecular formula is C20H26N4O4. The molecule has 150 valence electrons. The summed E-state index contributed by atoms with van der Waals surface area (Å²) in [4.78, 5) is 22.2. The molecule has 0 amide bonds. The van der Waals surface area contributed by atoms with Gasteiger partial charge in [0.1, 0.15) is 35.6 Å². The number of carbonyl (C=O) groups is 1. The first-order chi connectivity index (χ1) is 13.5. The van der Waals surface area contributed by atoms with Gasteiger partial charge in [-0.25, -0.2) is 9.97 Å². The molecule has 8 nitrogen and oxygen atoms in total. The highest BCUT2D eigenvalue weighted by atomic mass is 16.5. The van der Waals surface area contributed by atoms with Crippen LogP contribution in [0.1, 0.15) is 18.7 Å². The van der Waals surface area contributed by atoms with Gasteiger partial charge in [0.05, 0.1) is 19.6 Å². The van der Waals surface area contributed by atoms with Crippen LogP contribution in [0, 0.1) is 12.8 Å². The standard InChI is InChI=1S/C20H26N4O4/c1-14-22-18(21-9-12-28-17-5-3-16(27-2)4-6-17)13-19(23-14)24-10-7-15(8-11-24)20(25)26/h3-6,13,15H,7-12H2,1-2H3,(H,25,26)(H,21,22,23). The zero-order chi connectivity index (χ0) is 19.9. The van der Waals surface area contributed by atoms with E-state index < -0.39 is 5.97 Å². The van der Waals surface area contributed by atoms with Crippen LogP contribution in [0.2, 0.25) is 0 Å². The Morgan fingerprint density at radius 1 is 1.21 bits per heavy atom. The van der Waals surface area contributed by atoms with Crippen LogP contribution in [0.5, 0.6) is 11.5 Å². The normalized spacial score (nSPS) is 14.6. The van der Waals surface area contributed by atoms with E-state index in [-0.39, 0.29) is 5.92 Å². The summed E-state index contributed by atoms with van der Waals surface area (Å²) in [5, 5.41) is 12.4. The van der Waals surface area contributed by atoms with Crippen LogP contribution in [0.25, 0.3) is 0 Å². The lowest BCUT2D eigenvalue weighted by Crippen LogP contribution is -2.37. The average Bonchev–Trinajstić information content (AvgIpc) is 2.71. The zero-order valence-corrected chi connectivity index (χ0v) is 16.2. The van der Waals surface area contributed by atoms with Gasteiger partial charge in [-0.15, -0.1) is 0 Å². The highest BCUT2D eigenvalue weighted by molar-refractivity contribution is 5.70. The number of ether oxygens (including phenoxy) is 2. The van der Waals surface area contributed by atoms with E-state index in [4.69, 9.17) is 14.6 Å². The van der Waals surface area contributed by atoms with Crippen molar-refractivity contribution in [1.82, 2.24) is 9.97 Å². The van der Waals surface area contributed by atoms with Crippen LogP contribution in [0.4, 0.5) is 11.6 Å². The topological polar surface area (TPSA) is 96.8 Å². The van der Waals surface area contributed by atoms with Gasteiger partial charge in [-0.2, -0.15) is 0 Å². The first-order valence-corrected chi connectivity index (χ1v) is 9.39. The van der Waals surface area contributed by atoms with Crippen molar-refractivity contribution in [3.63, 3.8) is 0 Å². The van der Waals surface area contributed by atoms with E-state index in [0.717, 1.165) is 23.1 Å². The summed E-state index contributed by atoms with van der Waals surface area (Å²) in [6.45, 7) is 4.32. The Balaban J connectivity index is 1.51. The second kappa shape index (κ2) is 9.25. The molecule has 0 spiro atoms. The molecule has 2 N–H and O–H groups in total. The second-order valence-corrected chi connectivity index (χ2v) is 6.71. The number of carboxylic acid groups (broad SMARTS) is 1. The number of hydrogen-bond donors (Lipinski definition) is 2. The zero-order valence-electron chi connectivity index (χ0n) is 16.2. The molecule has 1 aliphatic rings. The van der Waals surface area contributed by atoms with Gasteiger partial charge in [0, 0.05) is 19.2 Å². The van der Waals surface area contributed by atoms with E-state index in [1.807, 2.05) is 37.3 Å². The molecule has 1 aliphatic heterocycles. The molecule has 0 atom stereocenters. The lowest BCUT2D eigenvalue weighted by Gasteiger charge is -2.31. The van der Waals surface area contributed by atoms with Gasteiger partial charge in [-0.3, -0.25) is 4.79 Å². The van der Waals surface area contributed by atoms with Gasteiger partial charge < -0.3 is 24.8 Å². The predicted molar refractivity (Wildman–Crippen MR) is 106 cm³/mol. The summed E-state index contributed by atoms with van der Waals surface area (Å²) in [7, 11) is 1.63. The summed E-state index contributed by atoms with van der Waals surface area (Å²) in [6, 6.07) is 9.35. The predicted octanol–water partition coefficient (Wildman–Crippen LogP) is 2.59. The Morgan fingerprint density at radius 2 is 1.89 bits per heavy atom. The van der Waals surface area contributed by atoms with Crippen LogP contribution < -0.4 is 19.7 Å². The fraction of sp³-hybridized carbons (Fsp3) is 0.450. The number of methoxy groups -OCH3 is 1. The number of nitrogens with one attached hydrogen (secondary N) is 1. The van der Waals surface area contributed by atoms with Crippen LogP contribution in [0.15, 0.2) is 30.3 Å². The summed E-state index contributed by atoms with van der Waals surface area (Å²) in [5.41, 5.74) is 0. The summed E-state index contributed by atoms with van der Waals surface area (Å²) >= 11 is 0. The Bertz CT molecular complexity index is 789. The quantitative estimate of drug-likeness (QED) is 0.668. The van der Waals surface area contributed by atoms with Crippen LogP contribution in [-0.2, 0) is 4.79 Å². The number of nitrogens with zero attached hydrogens (tertiary/aromatic N) is 3. The molecule has 0 saturated carbocycles. The van der Waals surface area contributed by atoms with Crippen LogP contribution in [-0.4, -0.2) is 54.4 Å². The number of aryl methyl sites for hydroxylation is 1. The lowest BCUT2D eigenvalue weighted by molar-refractivity contribution is -0.142. The van der Waals surface area contributed by atoms with Crippen molar-refractivity contribution in [2.75, 3.05) is 43.6 Å². The molecule has 3 rings (SSSR count). The summed E-state index contributed by atoms with van der Waals surface area (Å²) in [5.74, 6) is 2.85. The fourth-order valence-electron chi connectivity index (χ4n) is 3.18. The minimum atomic E-state index is -0.710. The maximum Gasteiger partial charge on any atom is 0.306 e. The fourth-order valence-corrected chi connectivity index (χ4v) is 3.18. The van der Waals surface area contributed by atoms with Gasteiger partial charge in [0.2, 0.25) is 0 Å². The van der Waals surface area contributed by atoms with Crippen molar-refractivity contribution in [3.05, 3.63) is 36.2 Å². The first kappa shape index (κ1) is 19.7. The lowest BCUT2D eigenvalue weighted by atomic mass is 9.97. The summed E-state index contributed by atoms with van der Waals surface area (Å²) < 4.78 is 10.8. The monoisotopic (exact) mass is 386 g/mol. The van der Waals surface area contributed by atoms with Crippen molar-refractivity contribution in [2.45, 2.75) is 19.8 Å². The van der Waals surface area contributed by atoms with E-state index in [2.05, 4.69) is 20.2 Å². The van der Waals surface area contributed by atoms with Crippen molar-refractivity contribution in [3.8, 4) is 11.5 Å². The van der Waals surface area contributed by atoms with Crippen molar-refractivity contribution < 1.29 is 19.4 Å². The third-order valence-corrected chi connectivity index (χ3v) is 4.73. The molecule has 0 unspecified atom stereocenters. The SMILES string of the molecule is COc1ccc(OCCNc2cc(N3CCC(C(=O)O)CC3)nc(C)n2)cc1. The molecule has 1 fully saturated rings. The molecule has 1 aromatic heterocycles. The molecule has 8 heteroatoms. The maximum absolute atomic E-state index is 11.1. The largest absolute Gasteiger partial charge is 0.497 e. The molecule has 0 aliphatic carbocycles. The van der Waals surface area contributed by atoms with Crippen molar-refractivity contribution >= 4 is 17.6 Å². The second-order valence-electron chi connectivity index (χ2n) is 6.71. The molecule has 28 heavy (non-hydrogen) atoms. The highest BCUT2D eigenvalue weighted by Crippen LogP contribution is 2.23. The smallest absolute Gasteiger partial charge is 0.306 e. The van der Waals surface area contributed by atoms with E-state index in [1.165, 1.54) is 0 Å². The molecule has 0 bridgehead atoms. The number of aromatic nitrogens is 2. The highest BCUT2D eigenvalue weighted by Gasteiger charge is 2.25. The van der Waals surface area contributed by atoms with E-state index in [9.17, 15) is 4.79 Å². The van der Waals surface area contributed by atoms with Gasteiger partial charge in [0.15, 0.2) is 0 Å². The van der Waals surface area contributed by atoms with Gasteiger partial charge in [-0.05, 0) is 44.0 Å². The van der Waals surface area contributed by atoms with E-state index in [0.29, 0.717) is 44.9 Å². The average molecular weight is 386 g/mol. The van der Waals surface area contributed by atoms with Crippen molar-refractivity contribution in [1.29, 1.82) is 0 Å². The van der Waals surface area contributed by atoms with Gasteiger partial charge in [0.25, 0.3) is 0 Å². The third kappa shape index (κ3) is 5.25. The van der Waals surface area contributed by atoms with Crippen molar-refractivity contribution in [2.24, 2.45) is 5.92 Å². The number of aliphatic carboxylic acids is 1. The number of rotatable bonds is 8. The number of piperidine rings is 1. The van der Waals surface area contributed by atoms with Gasteiger partial charge >= 0.3 is 5.97 Å². The van der Waals surface area contributed by atoms with Crippen LogP contribution >= 0.6 is 0 Å². The number of benzene rings is 1. The van der Waals surface area contributed by atoms with Crippen LogP contribution in [0.3, 0.4) is 0 Å². The Hall–Kier alpha value is -3.03. The Morgan fingerprint density at radius 3 is 2.54 bits per heavy atom. The summed E-state index contributed by atoms with van der Waals surface area (Å²) in [6.07, 6.45) is 1.27. The molecule has 1 aromatic carbocycles. The molecule has 2 aromatic rings. The molecule has 0 radical (unpaired) electrons. The number of hydrogen-bond acceptors (Lipinski definition) is 7. The Kier molecular flexibility index (Phi) is 6.52. The Labute approximate surface area is 164 Å². The first-order valence-electron chi connectivity index (χ1n) is 9.39. The molecule has 2 heterocycles. The van der Waals surface area contributed by atoms with E-state index in [1.54, 1.807) is 7.11 Å². The maximum atomic E-state index is 11.1. The molecular weight excluding hydrogens is 360 g/mol. The number of carboxylic acids is 1. The van der Waals surface area contributed by atoms with Gasteiger partial charge in [-0.1, -0.05) is 0 Å². The minimum Gasteiger partial charge on any atom is -0.497 e. The van der Waals surface area contributed by atoms with E-state index >= 15 is 0 Å². The minimum absolute atomic E-state index is 0.258. The molecule has 1 saturated heterocycles. The third-order valence-electron chi connectivity index (χ3n) is 4.73. The number of anilines is 2.